The van der Waals surface area contributed by atoms with Gasteiger partial charge in [-0.3, -0.25) is 0 Å². The van der Waals surface area contributed by atoms with Crippen LogP contribution in [0.3, 0.4) is 0 Å². The smallest absolute Gasteiger partial charge is 0.0495 e. The number of ether oxygens (including phenoxy) is 1. The third kappa shape index (κ3) is 4.97. The molecule has 0 radical (unpaired) electrons. The van der Waals surface area contributed by atoms with Gasteiger partial charge in [0.1, 0.15) is 0 Å². The van der Waals surface area contributed by atoms with Crippen molar-refractivity contribution < 1.29 is 4.74 Å². The van der Waals surface area contributed by atoms with Gasteiger partial charge < -0.3 is 10.1 Å². The van der Waals surface area contributed by atoms with Crippen LogP contribution >= 0.6 is 0 Å². The molecule has 1 fully saturated rings. The van der Waals surface area contributed by atoms with Crippen molar-refractivity contribution in [3.8, 4) is 0 Å². The maximum atomic E-state index is 5.38. The van der Waals surface area contributed by atoms with Crippen LogP contribution in [-0.4, -0.2) is 25.3 Å². The van der Waals surface area contributed by atoms with Gasteiger partial charge in [0.05, 0.1) is 0 Å². The second kappa shape index (κ2) is 5.13. The Morgan fingerprint density at radius 2 is 2.14 bits per heavy atom. The molecule has 0 saturated carbocycles. The van der Waals surface area contributed by atoms with Gasteiger partial charge in [0.25, 0.3) is 0 Å². The minimum absolute atomic E-state index is 0.250. The van der Waals surface area contributed by atoms with E-state index in [4.69, 9.17) is 4.74 Å². The van der Waals surface area contributed by atoms with Crippen molar-refractivity contribution in [2.45, 2.75) is 46.1 Å². The van der Waals surface area contributed by atoms with E-state index in [1.807, 2.05) is 0 Å². The summed E-state index contributed by atoms with van der Waals surface area (Å²) in [6.07, 6.45) is 2.57. The van der Waals surface area contributed by atoms with E-state index in [1.54, 1.807) is 0 Å². The zero-order valence-electron chi connectivity index (χ0n) is 10.1. The molecule has 2 heteroatoms. The van der Waals surface area contributed by atoms with Crippen molar-refractivity contribution in [2.75, 3.05) is 19.8 Å². The molecule has 2 atom stereocenters. The van der Waals surface area contributed by atoms with Gasteiger partial charge in [-0.15, -0.1) is 0 Å². The standard InChI is InChI=1S/C12H25NO/c1-10(8-13-12(2,3)4)7-11-5-6-14-9-11/h10-11,13H,5-9H2,1-4H3. The Balaban J connectivity index is 2.12. The molecule has 0 aromatic heterocycles. The summed E-state index contributed by atoms with van der Waals surface area (Å²) in [5, 5.41) is 3.55. The second-order valence-electron chi connectivity index (χ2n) is 5.70. The van der Waals surface area contributed by atoms with Crippen molar-refractivity contribution in [1.29, 1.82) is 0 Å². The van der Waals surface area contributed by atoms with E-state index >= 15 is 0 Å². The van der Waals surface area contributed by atoms with Crippen molar-refractivity contribution in [3.63, 3.8) is 0 Å². The summed E-state index contributed by atoms with van der Waals surface area (Å²) < 4.78 is 5.38. The van der Waals surface area contributed by atoms with Gasteiger partial charge in [-0.25, -0.2) is 0 Å². The largest absolute Gasteiger partial charge is 0.381 e. The van der Waals surface area contributed by atoms with Gasteiger partial charge in [0, 0.05) is 18.8 Å². The molecule has 1 heterocycles. The van der Waals surface area contributed by atoms with Crippen LogP contribution in [0.25, 0.3) is 0 Å². The third-order valence-electron chi connectivity index (χ3n) is 2.74. The quantitative estimate of drug-likeness (QED) is 0.751. The van der Waals surface area contributed by atoms with E-state index in [0.717, 1.165) is 31.6 Å². The predicted molar refractivity (Wildman–Crippen MR) is 60.5 cm³/mol. The molecule has 1 N–H and O–H groups in total. The molecule has 2 nitrogen and oxygen atoms in total. The lowest BCUT2D eigenvalue weighted by Crippen LogP contribution is -2.38. The fraction of sp³-hybridized carbons (Fsp3) is 1.00. The first kappa shape index (κ1) is 12.0. The fourth-order valence-corrected chi connectivity index (χ4v) is 1.90. The van der Waals surface area contributed by atoms with Crippen molar-refractivity contribution in [1.82, 2.24) is 5.32 Å². The summed E-state index contributed by atoms with van der Waals surface area (Å²) in [4.78, 5) is 0. The average molecular weight is 199 g/mol. The Bertz CT molecular complexity index is 156. The minimum atomic E-state index is 0.250. The molecule has 0 spiro atoms. The number of hydrogen-bond donors (Lipinski definition) is 1. The van der Waals surface area contributed by atoms with Crippen LogP contribution in [0, 0.1) is 11.8 Å². The van der Waals surface area contributed by atoms with E-state index in [0.29, 0.717) is 0 Å². The Hall–Kier alpha value is -0.0800. The number of nitrogens with one attached hydrogen (secondary N) is 1. The monoisotopic (exact) mass is 199 g/mol. The first-order chi connectivity index (χ1) is 6.47. The first-order valence-corrected chi connectivity index (χ1v) is 5.80. The molecule has 0 aromatic carbocycles. The summed E-state index contributed by atoms with van der Waals surface area (Å²) in [5.74, 6) is 1.58. The lowest BCUT2D eigenvalue weighted by molar-refractivity contribution is 0.180. The van der Waals surface area contributed by atoms with E-state index in [-0.39, 0.29) is 5.54 Å². The summed E-state index contributed by atoms with van der Waals surface area (Å²) in [7, 11) is 0. The van der Waals surface area contributed by atoms with E-state index < -0.39 is 0 Å². The maximum Gasteiger partial charge on any atom is 0.0495 e. The molecule has 0 amide bonds. The van der Waals surface area contributed by atoms with Crippen molar-refractivity contribution in [3.05, 3.63) is 0 Å². The predicted octanol–water partition coefficient (Wildman–Crippen LogP) is 2.44. The van der Waals surface area contributed by atoms with Crippen LogP contribution in [0.15, 0.2) is 0 Å². The fourth-order valence-electron chi connectivity index (χ4n) is 1.90. The average Bonchev–Trinajstić information content (AvgIpc) is 2.52. The van der Waals surface area contributed by atoms with Crippen LogP contribution in [0.1, 0.15) is 40.5 Å². The molecular weight excluding hydrogens is 174 g/mol. The van der Waals surface area contributed by atoms with Gasteiger partial charge in [-0.05, 0) is 52.0 Å². The van der Waals surface area contributed by atoms with E-state index in [9.17, 15) is 0 Å². The second-order valence-corrected chi connectivity index (χ2v) is 5.70. The van der Waals surface area contributed by atoms with Gasteiger partial charge in [-0.1, -0.05) is 6.92 Å². The highest BCUT2D eigenvalue weighted by atomic mass is 16.5. The van der Waals surface area contributed by atoms with Crippen LogP contribution in [0.5, 0.6) is 0 Å². The Kier molecular flexibility index (Phi) is 4.39. The van der Waals surface area contributed by atoms with Crippen LogP contribution < -0.4 is 5.32 Å². The zero-order valence-corrected chi connectivity index (χ0v) is 10.1. The zero-order chi connectivity index (χ0) is 10.6. The Morgan fingerprint density at radius 1 is 1.43 bits per heavy atom. The Labute approximate surface area is 88.4 Å². The van der Waals surface area contributed by atoms with Crippen molar-refractivity contribution >= 4 is 0 Å². The highest BCUT2D eigenvalue weighted by Gasteiger charge is 2.19. The summed E-state index contributed by atoms with van der Waals surface area (Å²) in [5.41, 5.74) is 0.250. The molecule has 2 unspecified atom stereocenters. The van der Waals surface area contributed by atoms with Crippen LogP contribution in [0.4, 0.5) is 0 Å². The normalized spacial score (nSPS) is 25.3. The molecule has 1 aliphatic rings. The van der Waals surface area contributed by atoms with Gasteiger partial charge in [-0.2, -0.15) is 0 Å². The number of hydrogen-bond acceptors (Lipinski definition) is 2. The highest BCUT2D eigenvalue weighted by molar-refractivity contribution is 4.74. The molecule has 84 valence electrons. The van der Waals surface area contributed by atoms with Crippen molar-refractivity contribution in [2.24, 2.45) is 11.8 Å². The van der Waals surface area contributed by atoms with Crippen LogP contribution in [-0.2, 0) is 4.74 Å². The van der Waals surface area contributed by atoms with Gasteiger partial charge >= 0.3 is 0 Å². The van der Waals surface area contributed by atoms with E-state index in [2.05, 4.69) is 33.0 Å². The molecule has 0 aromatic rings. The van der Waals surface area contributed by atoms with Crippen LogP contribution in [0.2, 0.25) is 0 Å². The molecule has 1 saturated heterocycles. The first-order valence-electron chi connectivity index (χ1n) is 5.80. The third-order valence-corrected chi connectivity index (χ3v) is 2.74. The van der Waals surface area contributed by atoms with E-state index in [1.165, 1.54) is 12.8 Å². The summed E-state index contributed by atoms with van der Waals surface area (Å²) in [6, 6.07) is 0. The molecule has 0 aliphatic carbocycles. The molecule has 0 bridgehead atoms. The SMILES string of the molecule is CC(CNC(C)(C)C)CC1CCOC1. The minimum Gasteiger partial charge on any atom is -0.381 e. The molecular formula is C12H25NO. The topological polar surface area (TPSA) is 21.3 Å². The molecule has 14 heavy (non-hydrogen) atoms. The maximum absolute atomic E-state index is 5.38. The lowest BCUT2D eigenvalue weighted by Gasteiger charge is -2.24. The molecule has 1 rings (SSSR count). The summed E-state index contributed by atoms with van der Waals surface area (Å²) in [6.45, 7) is 12.1. The highest BCUT2D eigenvalue weighted by Crippen LogP contribution is 2.21. The number of rotatable bonds is 4. The van der Waals surface area contributed by atoms with Gasteiger partial charge in [0.15, 0.2) is 0 Å². The Morgan fingerprint density at radius 3 is 2.64 bits per heavy atom. The summed E-state index contributed by atoms with van der Waals surface area (Å²) >= 11 is 0. The van der Waals surface area contributed by atoms with Gasteiger partial charge in [0.2, 0.25) is 0 Å². The lowest BCUT2D eigenvalue weighted by atomic mass is 9.94. The molecule has 1 aliphatic heterocycles.